The monoisotopic (exact) mass is 195 g/mol. The zero-order chi connectivity index (χ0) is 10.1. The third-order valence-electron chi connectivity index (χ3n) is 2.66. The van der Waals surface area contributed by atoms with E-state index in [1.807, 2.05) is 0 Å². The molecule has 4 heteroatoms. The summed E-state index contributed by atoms with van der Waals surface area (Å²) in [5, 5.41) is 3.91. The molecule has 0 spiro atoms. The van der Waals surface area contributed by atoms with E-state index < -0.39 is 0 Å². The SMILES string of the molecule is CC(C)[C@H](N)c1noc(CC2CC2)n1. The normalized spacial score (nSPS) is 18.9. The van der Waals surface area contributed by atoms with Gasteiger partial charge >= 0.3 is 0 Å². The summed E-state index contributed by atoms with van der Waals surface area (Å²) in [5.74, 6) is 2.52. The predicted molar refractivity (Wildman–Crippen MR) is 52.5 cm³/mol. The van der Waals surface area contributed by atoms with Crippen LogP contribution in [0.4, 0.5) is 0 Å². The standard InChI is InChI=1S/C10H17N3O/c1-6(2)9(11)10-12-8(14-13-10)5-7-3-4-7/h6-7,9H,3-5,11H2,1-2H3/t9-/m0/s1. The number of nitrogens with zero attached hydrogens (tertiary/aromatic N) is 2. The van der Waals surface area contributed by atoms with E-state index in [2.05, 4.69) is 24.0 Å². The molecule has 14 heavy (non-hydrogen) atoms. The third-order valence-corrected chi connectivity index (χ3v) is 2.66. The van der Waals surface area contributed by atoms with Crippen LogP contribution in [0, 0.1) is 11.8 Å². The lowest BCUT2D eigenvalue weighted by atomic mass is 10.1. The summed E-state index contributed by atoms with van der Waals surface area (Å²) in [6.07, 6.45) is 3.53. The molecule has 78 valence electrons. The molecule has 1 saturated carbocycles. The minimum atomic E-state index is -0.105. The smallest absolute Gasteiger partial charge is 0.226 e. The van der Waals surface area contributed by atoms with Crippen LogP contribution in [0.1, 0.15) is 44.4 Å². The minimum Gasteiger partial charge on any atom is -0.339 e. The highest BCUT2D eigenvalue weighted by atomic mass is 16.5. The van der Waals surface area contributed by atoms with Crippen LogP contribution in [0.3, 0.4) is 0 Å². The molecule has 2 N–H and O–H groups in total. The molecule has 0 saturated heterocycles. The molecule has 0 unspecified atom stereocenters. The van der Waals surface area contributed by atoms with Crippen LogP contribution in [0.25, 0.3) is 0 Å². The van der Waals surface area contributed by atoms with Crippen molar-refractivity contribution in [1.29, 1.82) is 0 Å². The molecule has 1 aliphatic carbocycles. The lowest BCUT2D eigenvalue weighted by Gasteiger charge is -2.09. The fraction of sp³-hybridized carbons (Fsp3) is 0.800. The van der Waals surface area contributed by atoms with Crippen molar-refractivity contribution in [2.75, 3.05) is 0 Å². The van der Waals surface area contributed by atoms with Crippen molar-refractivity contribution in [3.05, 3.63) is 11.7 Å². The Morgan fingerprint density at radius 2 is 2.21 bits per heavy atom. The van der Waals surface area contributed by atoms with Crippen molar-refractivity contribution in [1.82, 2.24) is 10.1 Å². The zero-order valence-electron chi connectivity index (χ0n) is 8.73. The first-order chi connectivity index (χ1) is 6.66. The lowest BCUT2D eigenvalue weighted by Crippen LogP contribution is -2.18. The summed E-state index contributed by atoms with van der Waals surface area (Å²) >= 11 is 0. The Morgan fingerprint density at radius 3 is 2.79 bits per heavy atom. The fourth-order valence-corrected chi connectivity index (χ4v) is 1.35. The molecule has 0 amide bonds. The molecule has 1 aromatic heterocycles. The van der Waals surface area contributed by atoms with Crippen molar-refractivity contribution < 1.29 is 4.52 Å². The zero-order valence-corrected chi connectivity index (χ0v) is 8.73. The van der Waals surface area contributed by atoms with E-state index in [9.17, 15) is 0 Å². The average Bonchev–Trinajstić information content (AvgIpc) is 2.81. The van der Waals surface area contributed by atoms with Gasteiger partial charge in [-0.25, -0.2) is 0 Å². The van der Waals surface area contributed by atoms with Crippen LogP contribution in [0.15, 0.2) is 4.52 Å². The molecule has 0 bridgehead atoms. The van der Waals surface area contributed by atoms with E-state index in [1.165, 1.54) is 12.8 Å². The summed E-state index contributed by atoms with van der Waals surface area (Å²) in [6, 6.07) is -0.105. The van der Waals surface area contributed by atoms with Gasteiger partial charge in [-0.05, 0) is 24.7 Å². The topological polar surface area (TPSA) is 64.9 Å². The van der Waals surface area contributed by atoms with Crippen LogP contribution < -0.4 is 5.73 Å². The summed E-state index contributed by atoms with van der Waals surface area (Å²) in [7, 11) is 0. The van der Waals surface area contributed by atoms with Gasteiger partial charge in [0.25, 0.3) is 0 Å². The summed E-state index contributed by atoms with van der Waals surface area (Å²) in [4.78, 5) is 4.31. The van der Waals surface area contributed by atoms with E-state index in [0.717, 1.165) is 18.2 Å². The van der Waals surface area contributed by atoms with Crippen molar-refractivity contribution in [2.45, 2.75) is 39.2 Å². The second-order valence-electron chi connectivity index (χ2n) is 4.46. The Balaban J connectivity index is 2.00. The van der Waals surface area contributed by atoms with Crippen LogP contribution in [-0.4, -0.2) is 10.1 Å². The highest BCUT2D eigenvalue weighted by molar-refractivity contribution is 4.96. The van der Waals surface area contributed by atoms with Crippen molar-refractivity contribution in [3.8, 4) is 0 Å². The fourth-order valence-electron chi connectivity index (χ4n) is 1.35. The van der Waals surface area contributed by atoms with Gasteiger partial charge in [-0.3, -0.25) is 0 Å². The van der Waals surface area contributed by atoms with Crippen LogP contribution in [0.5, 0.6) is 0 Å². The molecule has 1 aromatic rings. The number of aromatic nitrogens is 2. The molecule has 1 fully saturated rings. The molecule has 2 rings (SSSR count). The summed E-state index contributed by atoms with van der Waals surface area (Å²) in [5.41, 5.74) is 5.91. The van der Waals surface area contributed by atoms with E-state index in [1.54, 1.807) is 0 Å². The Hall–Kier alpha value is -0.900. The maximum Gasteiger partial charge on any atom is 0.226 e. The Morgan fingerprint density at radius 1 is 1.50 bits per heavy atom. The van der Waals surface area contributed by atoms with E-state index >= 15 is 0 Å². The minimum absolute atomic E-state index is 0.105. The first-order valence-corrected chi connectivity index (χ1v) is 5.25. The largest absolute Gasteiger partial charge is 0.339 e. The predicted octanol–water partition coefficient (Wildman–Crippen LogP) is 1.68. The van der Waals surface area contributed by atoms with Gasteiger partial charge in [0.15, 0.2) is 5.82 Å². The molecule has 0 aliphatic heterocycles. The van der Waals surface area contributed by atoms with Crippen LogP contribution in [0.2, 0.25) is 0 Å². The highest BCUT2D eigenvalue weighted by Crippen LogP contribution is 2.32. The highest BCUT2D eigenvalue weighted by Gasteiger charge is 2.25. The van der Waals surface area contributed by atoms with E-state index in [0.29, 0.717) is 11.7 Å². The maximum atomic E-state index is 5.91. The van der Waals surface area contributed by atoms with Gasteiger partial charge in [0.1, 0.15) is 0 Å². The molecular formula is C10H17N3O. The molecule has 1 atom stereocenters. The molecule has 4 nitrogen and oxygen atoms in total. The molecule has 0 radical (unpaired) electrons. The van der Waals surface area contributed by atoms with Gasteiger partial charge in [0.2, 0.25) is 5.89 Å². The number of hydrogen-bond acceptors (Lipinski definition) is 4. The van der Waals surface area contributed by atoms with Crippen molar-refractivity contribution in [2.24, 2.45) is 17.6 Å². The lowest BCUT2D eigenvalue weighted by molar-refractivity contribution is 0.358. The number of rotatable bonds is 4. The van der Waals surface area contributed by atoms with Gasteiger partial charge in [0.05, 0.1) is 6.04 Å². The molecule has 1 heterocycles. The van der Waals surface area contributed by atoms with Crippen molar-refractivity contribution >= 4 is 0 Å². The first kappa shape index (κ1) is 9.65. The maximum absolute atomic E-state index is 5.91. The van der Waals surface area contributed by atoms with Crippen LogP contribution >= 0.6 is 0 Å². The average molecular weight is 195 g/mol. The Bertz CT molecular complexity index is 304. The summed E-state index contributed by atoms with van der Waals surface area (Å²) < 4.78 is 5.15. The first-order valence-electron chi connectivity index (χ1n) is 5.25. The van der Waals surface area contributed by atoms with E-state index in [-0.39, 0.29) is 6.04 Å². The van der Waals surface area contributed by atoms with Gasteiger partial charge in [-0.1, -0.05) is 19.0 Å². The van der Waals surface area contributed by atoms with Gasteiger partial charge < -0.3 is 10.3 Å². The van der Waals surface area contributed by atoms with Crippen molar-refractivity contribution in [3.63, 3.8) is 0 Å². The second-order valence-corrected chi connectivity index (χ2v) is 4.46. The number of nitrogens with two attached hydrogens (primary N) is 1. The molecule has 0 aromatic carbocycles. The Labute approximate surface area is 83.9 Å². The second kappa shape index (κ2) is 3.69. The quantitative estimate of drug-likeness (QED) is 0.793. The van der Waals surface area contributed by atoms with Crippen LogP contribution in [-0.2, 0) is 6.42 Å². The van der Waals surface area contributed by atoms with Gasteiger partial charge in [-0.15, -0.1) is 0 Å². The van der Waals surface area contributed by atoms with E-state index in [4.69, 9.17) is 10.3 Å². The van der Waals surface area contributed by atoms with Gasteiger partial charge in [0, 0.05) is 6.42 Å². The molecular weight excluding hydrogens is 178 g/mol. The molecule has 1 aliphatic rings. The third kappa shape index (κ3) is 2.12. The summed E-state index contributed by atoms with van der Waals surface area (Å²) in [6.45, 7) is 4.11. The van der Waals surface area contributed by atoms with Gasteiger partial charge in [-0.2, -0.15) is 4.98 Å². The number of hydrogen-bond donors (Lipinski definition) is 1. The Kier molecular flexibility index (Phi) is 2.54.